The molecule has 0 radical (unpaired) electrons. The van der Waals surface area contributed by atoms with Crippen LogP contribution in [0.1, 0.15) is 32.1 Å². The summed E-state index contributed by atoms with van der Waals surface area (Å²) in [6.07, 6.45) is 5.72. The molecule has 0 saturated heterocycles. The van der Waals surface area contributed by atoms with Crippen molar-refractivity contribution in [3.63, 3.8) is 0 Å². The Morgan fingerprint density at radius 3 is 2.43 bits per heavy atom. The first-order valence-electron chi connectivity index (χ1n) is 5.30. The van der Waals surface area contributed by atoms with Crippen molar-refractivity contribution in [1.29, 1.82) is 0 Å². The Morgan fingerprint density at radius 1 is 1.36 bits per heavy atom. The van der Waals surface area contributed by atoms with Crippen molar-refractivity contribution in [3.8, 4) is 0 Å². The molecule has 14 heavy (non-hydrogen) atoms. The normalized spacial score (nSPS) is 21.8. The molecular weight excluding hydrogens is 178 g/mol. The van der Waals surface area contributed by atoms with Gasteiger partial charge in [0.2, 0.25) is 0 Å². The number of rotatable bonds is 2. The Hall–Kier alpha value is -0.770. The Labute approximate surface area is 85.8 Å². The molecule has 1 fully saturated rings. The number of guanidine groups is 1. The molecule has 0 aromatic rings. The summed E-state index contributed by atoms with van der Waals surface area (Å²) in [5, 5.41) is 15.7. The van der Waals surface area contributed by atoms with E-state index in [1.54, 1.807) is 7.05 Å². The van der Waals surface area contributed by atoms with Gasteiger partial charge in [-0.2, -0.15) is 0 Å². The third kappa shape index (κ3) is 2.61. The minimum absolute atomic E-state index is 0.143. The van der Waals surface area contributed by atoms with E-state index >= 15 is 0 Å². The SMILES string of the molecule is CN=C(NC)NC1(CO)CCCCC1. The zero-order valence-electron chi connectivity index (χ0n) is 9.14. The van der Waals surface area contributed by atoms with Crippen molar-refractivity contribution in [2.75, 3.05) is 20.7 Å². The molecule has 4 heteroatoms. The van der Waals surface area contributed by atoms with Gasteiger partial charge in [-0.15, -0.1) is 0 Å². The molecule has 0 bridgehead atoms. The van der Waals surface area contributed by atoms with Gasteiger partial charge in [-0.3, -0.25) is 4.99 Å². The van der Waals surface area contributed by atoms with Crippen LogP contribution in [0.2, 0.25) is 0 Å². The molecule has 0 unspecified atom stereocenters. The van der Waals surface area contributed by atoms with Gasteiger partial charge in [-0.05, 0) is 12.8 Å². The van der Waals surface area contributed by atoms with Gasteiger partial charge in [0, 0.05) is 14.1 Å². The fourth-order valence-corrected chi connectivity index (χ4v) is 2.03. The van der Waals surface area contributed by atoms with Crippen LogP contribution in [0.25, 0.3) is 0 Å². The molecule has 1 rings (SSSR count). The van der Waals surface area contributed by atoms with Crippen molar-refractivity contribution in [2.45, 2.75) is 37.6 Å². The quantitative estimate of drug-likeness (QED) is 0.448. The standard InChI is InChI=1S/C10H21N3O/c1-11-9(12-2)13-10(8-14)6-4-3-5-7-10/h14H,3-8H2,1-2H3,(H2,11,12,13). The topological polar surface area (TPSA) is 56.7 Å². The number of aliphatic hydroxyl groups is 1. The maximum atomic E-state index is 9.44. The van der Waals surface area contributed by atoms with E-state index in [0.717, 1.165) is 18.8 Å². The van der Waals surface area contributed by atoms with Crippen LogP contribution in [0, 0.1) is 0 Å². The molecular formula is C10H21N3O. The van der Waals surface area contributed by atoms with E-state index in [2.05, 4.69) is 15.6 Å². The maximum Gasteiger partial charge on any atom is 0.191 e. The highest BCUT2D eigenvalue weighted by atomic mass is 16.3. The third-order valence-corrected chi connectivity index (χ3v) is 2.96. The molecule has 0 aromatic carbocycles. The van der Waals surface area contributed by atoms with Crippen LogP contribution in [0.5, 0.6) is 0 Å². The van der Waals surface area contributed by atoms with Crippen molar-refractivity contribution in [1.82, 2.24) is 10.6 Å². The molecule has 0 heterocycles. The summed E-state index contributed by atoms with van der Waals surface area (Å²) in [5.41, 5.74) is -0.143. The van der Waals surface area contributed by atoms with Gasteiger partial charge in [-0.25, -0.2) is 0 Å². The summed E-state index contributed by atoms with van der Waals surface area (Å²) < 4.78 is 0. The molecule has 82 valence electrons. The highest BCUT2D eigenvalue weighted by molar-refractivity contribution is 5.80. The van der Waals surface area contributed by atoms with Crippen molar-refractivity contribution in [3.05, 3.63) is 0 Å². The van der Waals surface area contributed by atoms with Gasteiger partial charge < -0.3 is 15.7 Å². The summed E-state index contributed by atoms with van der Waals surface area (Å²) in [6, 6.07) is 0. The lowest BCUT2D eigenvalue weighted by Gasteiger charge is -2.37. The summed E-state index contributed by atoms with van der Waals surface area (Å²) in [4.78, 5) is 4.08. The second-order valence-corrected chi connectivity index (χ2v) is 3.95. The molecule has 0 aromatic heterocycles. The molecule has 1 aliphatic rings. The number of aliphatic hydroxyl groups excluding tert-OH is 1. The van der Waals surface area contributed by atoms with Gasteiger partial charge in [0.05, 0.1) is 12.1 Å². The fourth-order valence-electron chi connectivity index (χ4n) is 2.03. The lowest BCUT2D eigenvalue weighted by Crippen LogP contribution is -2.55. The highest BCUT2D eigenvalue weighted by Crippen LogP contribution is 2.27. The van der Waals surface area contributed by atoms with Gasteiger partial charge in [0.15, 0.2) is 5.96 Å². The Bertz CT molecular complexity index is 198. The van der Waals surface area contributed by atoms with Crippen molar-refractivity contribution < 1.29 is 5.11 Å². The van der Waals surface area contributed by atoms with Crippen LogP contribution in [-0.2, 0) is 0 Å². The molecule has 1 saturated carbocycles. The summed E-state index contributed by atoms with van der Waals surface area (Å²) in [5.74, 6) is 0.765. The minimum Gasteiger partial charge on any atom is -0.394 e. The number of aliphatic imine (C=N–C) groups is 1. The van der Waals surface area contributed by atoms with Crippen LogP contribution in [0.3, 0.4) is 0 Å². The lowest BCUT2D eigenvalue weighted by atomic mass is 9.82. The largest absolute Gasteiger partial charge is 0.394 e. The second-order valence-electron chi connectivity index (χ2n) is 3.95. The predicted octanol–water partition coefficient (Wildman–Crippen LogP) is 0.476. The van der Waals surface area contributed by atoms with Gasteiger partial charge in [-0.1, -0.05) is 19.3 Å². The lowest BCUT2D eigenvalue weighted by molar-refractivity contribution is 0.138. The number of hydrogen-bond donors (Lipinski definition) is 3. The number of nitrogens with zero attached hydrogens (tertiary/aromatic N) is 1. The van der Waals surface area contributed by atoms with E-state index in [1.807, 2.05) is 7.05 Å². The van der Waals surface area contributed by atoms with Crippen LogP contribution in [-0.4, -0.2) is 37.3 Å². The summed E-state index contributed by atoms with van der Waals surface area (Å²) in [6.45, 7) is 0.188. The average molecular weight is 199 g/mol. The average Bonchev–Trinajstić information content (AvgIpc) is 2.27. The zero-order valence-corrected chi connectivity index (χ0v) is 9.14. The Kier molecular flexibility index (Phi) is 4.20. The summed E-state index contributed by atoms with van der Waals surface area (Å²) >= 11 is 0. The summed E-state index contributed by atoms with van der Waals surface area (Å²) in [7, 11) is 3.58. The van der Waals surface area contributed by atoms with E-state index < -0.39 is 0 Å². The van der Waals surface area contributed by atoms with E-state index in [-0.39, 0.29) is 12.1 Å². The van der Waals surface area contributed by atoms with Gasteiger partial charge in [0.25, 0.3) is 0 Å². The number of nitrogens with one attached hydrogen (secondary N) is 2. The highest BCUT2D eigenvalue weighted by Gasteiger charge is 2.31. The van der Waals surface area contributed by atoms with Crippen LogP contribution in [0.4, 0.5) is 0 Å². The van der Waals surface area contributed by atoms with Crippen molar-refractivity contribution in [2.24, 2.45) is 4.99 Å². The van der Waals surface area contributed by atoms with Crippen LogP contribution >= 0.6 is 0 Å². The van der Waals surface area contributed by atoms with E-state index in [9.17, 15) is 5.11 Å². The zero-order chi connectivity index (χ0) is 10.4. The first-order valence-corrected chi connectivity index (χ1v) is 5.30. The Balaban J connectivity index is 2.59. The van der Waals surface area contributed by atoms with Crippen LogP contribution in [0.15, 0.2) is 4.99 Å². The fraction of sp³-hybridized carbons (Fsp3) is 0.900. The van der Waals surface area contributed by atoms with Crippen molar-refractivity contribution >= 4 is 5.96 Å². The first kappa shape index (κ1) is 11.3. The molecule has 3 N–H and O–H groups in total. The second kappa shape index (κ2) is 5.20. The van der Waals surface area contributed by atoms with Crippen LogP contribution < -0.4 is 10.6 Å². The number of hydrogen-bond acceptors (Lipinski definition) is 2. The smallest absolute Gasteiger partial charge is 0.191 e. The Morgan fingerprint density at radius 2 is 2.00 bits per heavy atom. The van der Waals surface area contributed by atoms with E-state index in [4.69, 9.17) is 0 Å². The third-order valence-electron chi connectivity index (χ3n) is 2.96. The molecule has 0 amide bonds. The molecule has 0 aliphatic heterocycles. The monoisotopic (exact) mass is 199 g/mol. The van der Waals surface area contributed by atoms with Gasteiger partial charge in [0.1, 0.15) is 0 Å². The molecule has 1 aliphatic carbocycles. The molecule has 0 spiro atoms. The molecule has 4 nitrogen and oxygen atoms in total. The predicted molar refractivity (Wildman–Crippen MR) is 58.5 cm³/mol. The molecule has 0 atom stereocenters. The maximum absolute atomic E-state index is 9.44. The van der Waals surface area contributed by atoms with Gasteiger partial charge >= 0.3 is 0 Å². The minimum atomic E-state index is -0.143. The van der Waals surface area contributed by atoms with E-state index in [1.165, 1.54) is 19.3 Å². The first-order chi connectivity index (χ1) is 6.76. The van der Waals surface area contributed by atoms with E-state index in [0.29, 0.717) is 0 Å².